The van der Waals surface area contributed by atoms with Crippen LogP contribution in [-0.2, 0) is 0 Å². The van der Waals surface area contributed by atoms with Gasteiger partial charge in [0.1, 0.15) is 0 Å². The largest absolute Gasteiger partial charge is 0.397 e. The van der Waals surface area contributed by atoms with Crippen LogP contribution in [0.5, 0.6) is 0 Å². The van der Waals surface area contributed by atoms with Gasteiger partial charge in [0.25, 0.3) is 0 Å². The van der Waals surface area contributed by atoms with Gasteiger partial charge in [0, 0.05) is 12.7 Å². The molecule has 0 fully saturated rings. The molecule has 1 aromatic heterocycles. The van der Waals surface area contributed by atoms with Crippen molar-refractivity contribution in [1.29, 1.82) is 0 Å². The highest BCUT2D eigenvalue weighted by Crippen LogP contribution is 2.15. The summed E-state index contributed by atoms with van der Waals surface area (Å²) < 4.78 is 0. The van der Waals surface area contributed by atoms with E-state index in [1.807, 2.05) is 20.0 Å². The van der Waals surface area contributed by atoms with Crippen LogP contribution in [0.3, 0.4) is 0 Å². The highest BCUT2D eigenvalue weighted by atomic mass is 14.9. The third-order valence-corrected chi connectivity index (χ3v) is 1.34. The molecule has 1 aromatic rings. The third-order valence-electron chi connectivity index (χ3n) is 1.34. The van der Waals surface area contributed by atoms with Crippen LogP contribution in [0, 0.1) is 6.92 Å². The molecule has 3 nitrogen and oxygen atoms in total. The Morgan fingerprint density at radius 3 is 2.80 bits per heavy atom. The van der Waals surface area contributed by atoms with Gasteiger partial charge < -0.3 is 11.1 Å². The van der Waals surface area contributed by atoms with Crippen LogP contribution >= 0.6 is 0 Å². The molecule has 0 aliphatic heterocycles. The fourth-order valence-electron chi connectivity index (χ4n) is 0.790. The molecule has 0 aliphatic rings. The van der Waals surface area contributed by atoms with Gasteiger partial charge in [0.15, 0.2) is 0 Å². The Kier molecular flexibility index (Phi) is 1.76. The Morgan fingerprint density at radius 2 is 2.30 bits per heavy atom. The monoisotopic (exact) mass is 137 g/mol. The quantitative estimate of drug-likeness (QED) is 0.607. The first-order chi connectivity index (χ1) is 4.74. The first-order valence-electron chi connectivity index (χ1n) is 3.14. The van der Waals surface area contributed by atoms with Crippen LogP contribution in [0.15, 0.2) is 12.3 Å². The zero-order valence-corrected chi connectivity index (χ0v) is 6.18. The van der Waals surface area contributed by atoms with Crippen molar-refractivity contribution in [2.24, 2.45) is 0 Å². The van der Waals surface area contributed by atoms with Crippen molar-refractivity contribution in [2.45, 2.75) is 6.92 Å². The van der Waals surface area contributed by atoms with E-state index >= 15 is 0 Å². The summed E-state index contributed by atoms with van der Waals surface area (Å²) in [6, 6.07) is 1.84. The van der Waals surface area contributed by atoms with Crippen molar-refractivity contribution in [3.8, 4) is 0 Å². The Balaban J connectivity index is 3.07. The van der Waals surface area contributed by atoms with E-state index in [2.05, 4.69) is 10.3 Å². The zero-order chi connectivity index (χ0) is 7.56. The van der Waals surface area contributed by atoms with Crippen molar-refractivity contribution in [3.05, 3.63) is 18.0 Å². The topological polar surface area (TPSA) is 50.9 Å². The van der Waals surface area contributed by atoms with Gasteiger partial charge >= 0.3 is 0 Å². The van der Waals surface area contributed by atoms with E-state index in [-0.39, 0.29) is 0 Å². The third kappa shape index (κ3) is 1.18. The fraction of sp³-hybridized carbons (Fsp3) is 0.286. The number of aromatic nitrogens is 1. The number of nitrogens with zero attached hydrogens (tertiary/aromatic N) is 1. The van der Waals surface area contributed by atoms with Crippen LogP contribution in [0.1, 0.15) is 5.69 Å². The molecule has 0 saturated heterocycles. The van der Waals surface area contributed by atoms with Crippen LogP contribution in [-0.4, -0.2) is 12.0 Å². The number of nitrogens with one attached hydrogen (secondary N) is 1. The maximum atomic E-state index is 5.63. The maximum Gasteiger partial charge on any atom is 0.0757 e. The van der Waals surface area contributed by atoms with Gasteiger partial charge in [-0.3, -0.25) is 4.98 Å². The van der Waals surface area contributed by atoms with E-state index < -0.39 is 0 Å². The Labute approximate surface area is 60.3 Å². The summed E-state index contributed by atoms with van der Waals surface area (Å²) in [4.78, 5) is 4.07. The molecule has 0 spiro atoms. The Bertz CT molecular complexity index is 232. The van der Waals surface area contributed by atoms with Gasteiger partial charge in [-0.15, -0.1) is 0 Å². The molecule has 10 heavy (non-hydrogen) atoms. The minimum Gasteiger partial charge on any atom is -0.397 e. The lowest BCUT2D eigenvalue weighted by molar-refractivity contribution is 1.20. The summed E-state index contributed by atoms with van der Waals surface area (Å²) >= 11 is 0. The van der Waals surface area contributed by atoms with Gasteiger partial charge in [-0.05, 0) is 13.0 Å². The lowest BCUT2D eigenvalue weighted by Gasteiger charge is -2.03. The number of hydrogen-bond donors (Lipinski definition) is 2. The molecule has 0 saturated carbocycles. The predicted octanol–water partition coefficient (Wildman–Crippen LogP) is 1.01. The van der Waals surface area contributed by atoms with Crippen LogP contribution in [0.2, 0.25) is 0 Å². The Hall–Kier alpha value is -1.25. The molecular weight excluding hydrogens is 126 g/mol. The van der Waals surface area contributed by atoms with Crippen molar-refractivity contribution in [3.63, 3.8) is 0 Å². The minimum absolute atomic E-state index is 0.745. The van der Waals surface area contributed by atoms with Crippen LogP contribution < -0.4 is 11.1 Å². The summed E-state index contributed by atoms with van der Waals surface area (Å²) in [5, 5.41) is 2.93. The fourth-order valence-corrected chi connectivity index (χ4v) is 0.790. The van der Waals surface area contributed by atoms with E-state index in [1.165, 1.54) is 0 Å². The number of pyridine rings is 1. The first kappa shape index (κ1) is 6.86. The number of nitrogens with two attached hydrogens (primary N) is 1. The van der Waals surface area contributed by atoms with Gasteiger partial charge in [0.05, 0.1) is 17.6 Å². The van der Waals surface area contributed by atoms with Crippen molar-refractivity contribution in [2.75, 3.05) is 18.1 Å². The number of anilines is 2. The van der Waals surface area contributed by atoms with E-state index in [0.717, 1.165) is 17.1 Å². The molecule has 0 radical (unpaired) electrons. The molecular formula is C7H11N3. The minimum atomic E-state index is 0.745. The summed E-state index contributed by atoms with van der Waals surface area (Å²) in [7, 11) is 1.82. The van der Waals surface area contributed by atoms with Crippen LogP contribution in [0.4, 0.5) is 11.4 Å². The molecule has 0 amide bonds. The highest BCUT2D eigenvalue weighted by Gasteiger charge is 1.94. The number of nitrogen functional groups attached to an aromatic ring is 1. The lowest BCUT2D eigenvalue weighted by Crippen LogP contribution is -1.97. The Morgan fingerprint density at radius 1 is 1.60 bits per heavy atom. The van der Waals surface area contributed by atoms with E-state index in [0.29, 0.717) is 0 Å². The molecule has 0 aromatic carbocycles. The van der Waals surface area contributed by atoms with E-state index in [1.54, 1.807) is 6.20 Å². The number of aryl methyl sites for hydroxylation is 1. The molecule has 0 atom stereocenters. The van der Waals surface area contributed by atoms with Crippen molar-refractivity contribution < 1.29 is 0 Å². The molecule has 54 valence electrons. The molecule has 0 bridgehead atoms. The van der Waals surface area contributed by atoms with Crippen molar-refractivity contribution in [1.82, 2.24) is 4.98 Å². The normalized spacial score (nSPS) is 9.40. The molecule has 0 aliphatic carbocycles. The molecule has 1 heterocycles. The summed E-state index contributed by atoms with van der Waals surface area (Å²) in [5.74, 6) is 0. The second kappa shape index (κ2) is 2.56. The van der Waals surface area contributed by atoms with Crippen molar-refractivity contribution >= 4 is 11.4 Å². The zero-order valence-electron chi connectivity index (χ0n) is 6.18. The summed E-state index contributed by atoms with van der Waals surface area (Å²) in [5.41, 5.74) is 8.20. The molecule has 0 unspecified atom stereocenters. The van der Waals surface area contributed by atoms with Gasteiger partial charge in [-0.1, -0.05) is 0 Å². The average molecular weight is 137 g/mol. The second-order valence-electron chi connectivity index (χ2n) is 2.16. The standard InChI is InChI=1S/C7H11N3/c1-5-3-6(8)7(9-2)4-10-5/h3-4,9H,1-2H3,(H2,8,10). The van der Waals surface area contributed by atoms with Gasteiger partial charge in [0.2, 0.25) is 0 Å². The maximum absolute atomic E-state index is 5.63. The van der Waals surface area contributed by atoms with E-state index in [9.17, 15) is 0 Å². The number of rotatable bonds is 1. The number of hydrogen-bond acceptors (Lipinski definition) is 3. The highest BCUT2D eigenvalue weighted by molar-refractivity contribution is 5.64. The summed E-state index contributed by atoms with van der Waals surface area (Å²) in [6.45, 7) is 1.91. The smallest absolute Gasteiger partial charge is 0.0757 e. The lowest BCUT2D eigenvalue weighted by atomic mass is 10.3. The van der Waals surface area contributed by atoms with E-state index in [4.69, 9.17) is 5.73 Å². The molecule has 3 heteroatoms. The average Bonchev–Trinajstić information content (AvgIpc) is 1.88. The SMILES string of the molecule is CNc1cnc(C)cc1N. The first-order valence-corrected chi connectivity index (χ1v) is 3.14. The van der Waals surface area contributed by atoms with Gasteiger partial charge in [-0.25, -0.2) is 0 Å². The predicted molar refractivity (Wildman–Crippen MR) is 42.9 cm³/mol. The van der Waals surface area contributed by atoms with Gasteiger partial charge in [-0.2, -0.15) is 0 Å². The molecule has 1 rings (SSSR count). The second-order valence-corrected chi connectivity index (χ2v) is 2.16. The summed E-state index contributed by atoms with van der Waals surface area (Å²) in [6.07, 6.45) is 1.73. The molecule has 3 N–H and O–H groups in total. The van der Waals surface area contributed by atoms with Crippen LogP contribution in [0.25, 0.3) is 0 Å².